The molecule has 0 aromatic carbocycles. The van der Waals surface area contributed by atoms with Crippen molar-refractivity contribution in [3.63, 3.8) is 0 Å². The molecule has 3 aromatic heterocycles. The lowest BCUT2D eigenvalue weighted by atomic mass is 10.2. The molecule has 0 N–H and O–H groups in total. The summed E-state index contributed by atoms with van der Waals surface area (Å²) in [6.07, 6.45) is 7.17. The Bertz CT molecular complexity index is 950. The second-order valence-corrected chi connectivity index (χ2v) is 8.22. The number of rotatable bonds is 4. The van der Waals surface area contributed by atoms with Gasteiger partial charge >= 0.3 is 0 Å². The maximum atomic E-state index is 4.80. The molecule has 134 valence electrons. The fourth-order valence-electron chi connectivity index (χ4n) is 3.72. The molecule has 2 fully saturated rings. The van der Waals surface area contributed by atoms with Gasteiger partial charge in [0, 0.05) is 38.3 Å². The molecule has 2 aliphatic rings. The molecule has 1 unspecified atom stereocenters. The lowest BCUT2D eigenvalue weighted by Gasteiger charge is -2.26. The number of anilines is 2. The van der Waals surface area contributed by atoms with E-state index in [1.54, 1.807) is 17.7 Å². The smallest absolute Gasteiger partial charge is 0.150 e. The van der Waals surface area contributed by atoms with Crippen LogP contribution < -0.4 is 9.80 Å². The third kappa shape index (κ3) is 2.70. The van der Waals surface area contributed by atoms with E-state index in [-0.39, 0.29) is 0 Å². The number of likely N-dealkylation sites (N-methyl/N-ethyl adjacent to an activating group) is 1. The van der Waals surface area contributed by atoms with Gasteiger partial charge in [-0.2, -0.15) is 0 Å². The molecule has 1 aliphatic carbocycles. The van der Waals surface area contributed by atoms with E-state index in [1.165, 1.54) is 23.1 Å². The molecule has 6 nitrogen and oxygen atoms in total. The minimum absolute atomic E-state index is 0.433. The van der Waals surface area contributed by atoms with Crippen molar-refractivity contribution < 1.29 is 0 Å². The van der Waals surface area contributed by atoms with Gasteiger partial charge in [-0.15, -0.1) is 11.3 Å². The zero-order chi connectivity index (χ0) is 17.7. The van der Waals surface area contributed by atoms with Crippen molar-refractivity contribution in [2.24, 2.45) is 0 Å². The Morgan fingerprint density at radius 3 is 2.92 bits per heavy atom. The van der Waals surface area contributed by atoms with E-state index >= 15 is 0 Å². The maximum Gasteiger partial charge on any atom is 0.150 e. The lowest BCUT2D eigenvalue weighted by Crippen LogP contribution is -2.35. The third-order valence-corrected chi connectivity index (χ3v) is 6.57. The highest BCUT2D eigenvalue weighted by Gasteiger charge is 2.30. The quantitative estimate of drug-likeness (QED) is 0.705. The summed E-state index contributed by atoms with van der Waals surface area (Å²) in [5.41, 5.74) is 2.32. The predicted octanol–water partition coefficient (Wildman–Crippen LogP) is 3.38. The first-order valence-corrected chi connectivity index (χ1v) is 10.1. The minimum atomic E-state index is 0.433. The van der Waals surface area contributed by atoms with Gasteiger partial charge in [0.25, 0.3) is 0 Å². The van der Waals surface area contributed by atoms with Crippen LogP contribution in [-0.4, -0.2) is 46.1 Å². The molecule has 3 aromatic rings. The number of aromatic nitrogens is 4. The third-order valence-electron chi connectivity index (χ3n) is 5.49. The summed E-state index contributed by atoms with van der Waals surface area (Å²) in [5, 5.41) is 2.17. The Morgan fingerprint density at radius 2 is 2.08 bits per heavy atom. The molecule has 7 heteroatoms. The molecule has 0 amide bonds. The Hall–Kier alpha value is -2.28. The highest BCUT2D eigenvalue weighted by atomic mass is 32.1. The van der Waals surface area contributed by atoms with E-state index in [0.717, 1.165) is 42.5 Å². The van der Waals surface area contributed by atoms with Crippen LogP contribution in [0.3, 0.4) is 0 Å². The van der Waals surface area contributed by atoms with Crippen LogP contribution in [0.25, 0.3) is 10.2 Å². The summed E-state index contributed by atoms with van der Waals surface area (Å²) in [6.45, 7) is 4.09. The van der Waals surface area contributed by atoms with Gasteiger partial charge in [-0.1, -0.05) is 0 Å². The average Bonchev–Trinajstić information content (AvgIpc) is 3.30. The van der Waals surface area contributed by atoms with Crippen LogP contribution in [0.5, 0.6) is 0 Å². The van der Waals surface area contributed by atoms with Crippen molar-refractivity contribution >= 4 is 33.2 Å². The Labute approximate surface area is 156 Å². The fourth-order valence-corrected chi connectivity index (χ4v) is 4.74. The van der Waals surface area contributed by atoms with Crippen LogP contribution in [0.1, 0.15) is 36.6 Å². The SMILES string of the molecule is Cc1csc2c(N3CCC(N(C)c4ccnc(C5CC5)n4)C3)ncnc12. The molecule has 26 heavy (non-hydrogen) atoms. The van der Waals surface area contributed by atoms with Crippen molar-refractivity contribution in [1.82, 2.24) is 19.9 Å². The number of nitrogens with zero attached hydrogens (tertiary/aromatic N) is 6. The Balaban J connectivity index is 1.37. The van der Waals surface area contributed by atoms with Crippen LogP contribution in [0.15, 0.2) is 24.0 Å². The van der Waals surface area contributed by atoms with E-state index in [0.29, 0.717) is 12.0 Å². The average molecular weight is 366 g/mol. The summed E-state index contributed by atoms with van der Waals surface area (Å²) in [6, 6.07) is 2.46. The van der Waals surface area contributed by atoms with Crippen molar-refractivity contribution in [2.75, 3.05) is 29.9 Å². The Morgan fingerprint density at radius 1 is 1.19 bits per heavy atom. The second kappa shape index (κ2) is 6.16. The van der Waals surface area contributed by atoms with Crippen molar-refractivity contribution in [1.29, 1.82) is 0 Å². The van der Waals surface area contributed by atoms with Crippen molar-refractivity contribution in [3.05, 3.63) is 35.4 Å². The molecule has 0 bridgehead atoms. The zero-order valence-electron chi connectivity index (χ0n) is 15.1. The van der Waals surface area contributed by atoms with Gasteiger partial charge in [-0.05, 0) is 43.2 Å². The monoisotopic (exact) mass is 366 g/mol. The molecular formula is C19H22N6S. The van der Waals surface area contributed by atoms with Crippen LogP contribution in [-0.2, 0) is 0 Å². The molecule has 1 aliphatic heterocycles. The maximum absolute atomic E-state index is 4.80. The number of aryl methyl sites for hydroxylation is 1. The fraction of sp³-hybridized carbons (Fsp3) is 0.474. The highest BCUT2D eigenvalue weighted by molar-refractivity contribution is 7.18. The summed E-state index contributed by atoms with van der Waals surface area (Å²) in [7, 11) is 2.15. The summed E-state index contributed by atoms with van der Waals surface area (Å²) >= 11 is 1.74. The number of thiophene rings is 1. The number of hydrogen-bond donors (Lipinski definition) is 0. The number of hydrogen-bond acceptors (Lipinski definition) is 7. The van der Waals surface area contributed by atoms with Crippen LogP contribution in [0.4, 0.5) is 11.6 Å². The summed E-state index contributed by atoms with van der Waals surface area (Å²) < 4.78 is 1.20. The molecule has 0 radical (unpaired) electrons. The summed E-state index contributed by atoms with van der Waals surface area (Å²) in [4.78, 5) is 23.0. The second-order valence-electron chi connectivity index (χ2n) is 7.34. The largest absolute Gasteiger partial charge is 0.355 e. The van der Waals surface area contributed by atoms with Gasteiger partial charge in [0.15, 0.2) is 0 Å². The molecule has 1 atom stereocenters. The minimum Gasteiger partial charge on any atom is -0.355 e. The van der Waals surface area contributed by atoms with Crippen LogP contribution in [0, 0.1) is 6.92 Å². The van der Waals surface area contributed by atoms with Gasteiger partial charge in [-0.25, -0.2) is 19.9 Å². The van der Waals surface area contributed by atoms with E-state index < -0.39 is 0 Å². The van der Waals surface area contributed by atoms with E-state index in [2.05, 4.69) is 44.1 Å². The first kappa shape index (κ1) is 15.9. The first-order valence-electron chi connectivity index (χ1n) is 9.20. The highest BCUT2D eigenvalue weighted by Crippen LogP contribution is 2.38. The zero-order valence-corrected chi connectivity index (χ0v) is 15.9. The van der Waals surface area contributed by atoms with Gasteiger partial charge in [0.1, 0.15) is 23.8 Å². The molecule has 4 heterocycles. The molecule has 5 rings (SSSR count). The number of fused-ring (bicyclic) bond motifs is 1. The van der Waals surface area contributed by atoms with Crippen LogP contribution >= 0.6 is 11.3 Å². The molecule has 0 spiro atoms. The Kier molecular flexibility index (Phi) is 3.77. The van der Waals surface area contributed by atoms with Crippen LogP contribution in [0.2, 0.25) is 0 Å². The van der Waals surface area contributed by atoms with Crippen molar-refractivity contribution in [3.8, 4) is 0 Å². The van der Waals surface area contributed by atoms with Gasteiger partial charge in [0.2, 0.25) is 0 Å². The normalized spacial score (nSPS) is 20.1. The lowest BCUT2D eigenvalue weighted by molar-refractivity contribution is 0.679. The predicted molar refractivity (Wildman–Crippen MR) is 105 cm³/mol. The summed E-state index contributed by atoms with van der Waals surface area (Å²) in [5.74, 6) is 3.70. The molecule has 1 saturated heterocycles. The van der Waals surface area contributed by atoms with E-state index in [9.17, 15) is 0 Å². The van der Waals surface area contributed by atoms with E-state index in [1.807, 2.05) is 12.3 Å². The topological polar surface area (TPSA) is 58.0 Å². The van der Waals surface area contributed by atoms with Gasteiger partial charge in [0.05, 0.1) is 10.2 Å². The molecular weight excluding hydrogens is 344 g/mol. The molecule has 1 saturated carbocycles. The van der Waals surface area contributed by atoms with Gasteiger partial charge < -0.3 is 9.80 Å². The first-order chi connectivity index (χ1) is 12.7. The standard InChI is InChI=1S/C19H22N6S/c1-12-10-26-17-16(12)21-11-22-19(17)25-8-6-14(9-25)24(2)15-5-7-20-18(23-15)13-3-4-13/h5,7,10-11,13-14H,3-4,6,8-9H2,1-2H3. The van der Waals surface area contributed by atoms with Gasteiger partial charge in [-0.3, -0.25) is 0 Å². The van der Waals surface area contributed by atoms with Crippen molar-refractivity contribution in [2.45, 2.75) is 38.1 Å². The van der Waals surface area contributed by atoms with E-state index in [4.69, 9.17) is 4.98 Å².